The highest BCUT2D eigenvalue weighted by Gasteiger charge is 2.08. The van der Waals surface area contributed by atoms with Gasteiger partial charge in [-0.05, 0) is 18.2 Å². The number of ether oxygens (including phenoxy) is 1. The average molecular weight is 252 g/mol. The van der Waals surface area contributed by atoms with E-state index in [0.29, 0.717) is 12.2 Å². The van der Waals surface area contributed by atoms with Crippen molar-refractivity contribution in [1.29, 1.82) is 0 Å². The number of benzene rings is 1. The van der Waals surface area contributed by atoms with Crippen molar-refractivity contribution in [3.8, 4) is 5.75 Å². The second-order valence-corrected chi connectivity index (χ2v) is 4.63. The second-order valence-electron chi connectivity index (χ2n) is 3.51. The maximum atomic E-state index is 13.2. The van der Waals surface area contributed by atoms with Crippen molar-refractivity contribution < 1.29 is 9.13 Å². The summed E-state index contributed by atoms with van der Waals surface area (Å²) in [5.41, 5.74) is 0.832. The molecule has 0 spiro atoms. The molecule has 0 saturated carbocycles. The molecule has 2 rings (SSSR count). The number of thiazole rings is 1. The summed E-state index contributed by atoms with van der Waals surface area (Å²) in [6.07, 6.45) is 2.42. The van der Waals surface area contributed by atoms with Crippen LogP contribution in [-0.2, 0) is 6.42 Å². The lowest BCUT2D eigenvalue weighted by Crippen LogP contribution is -1.93. The number of anilines is 1. The Labute approximate surface area is 103 Å². The fourth-order valence-electron chi connectivity index (χ4n) is 1.58. The summed E-state index contributed by atoms with van der Waals surface area (Å²) >= 11 is 1.55. The lowest BCUT2D eigenvalue weighted by Gasteiger charge is -2.06. The summed E-state index contributed by atoms with van der Waals surface area (Å²) in [4.78, 5) is 5.25. The Morgan fingerprint density at radius 2 is 2.29 bits per heavy atom. The average Bonchev–Trinajstić information content (AvgIpc) is 2.77. The predicted octanol–water partition coefficient (Wildman–Crippen LogP) is 2.92. The molecule has 0 atom stereocenters. The largest absolute Gasteiger partial charge is 0.496 e. The molecule has 5 heteroatoms. The molecule has 2 aromatic rings. The Kier molecular flexibility index (Phi) is 3.58. The van der Waals surface area contributed by atoms with Gasteiger partial charge in [0.25, 0.3) is 0 Å². The minimum Gasteiger partial charge on any atom is -0.496 e. The van der Waals surface area contributed by atoms with Crippen LogP contribution >= 0.6 is 11.3 Å². The van der Waals surface area contributed by atoms with E-state index in [2.05, 4.69) is 10.3 Å². The van der Waals surface area contributed by atoms with Crippen molar-refractivity contribution in [2.24, 2.45) is 0 Å². The van der Waals surface area contributed by atoms with Crippen LogP contribution in [-0.4, -0.2) is 19.1 Å². The number of hydrogen-bond donors (Lipinski definition) is 1. The fraction of sp³-hybridized carbons (Fsp3) is 0.250. The monoisotopic (exact) mass is 252 g/mol. The molecule has 0 amide bonds. The highest BCUT2D eigenvalue weighted by molar-refractivity contribution is 7.15. The Balaban J connectivity index is 2.25. The van der Waals surface area contributed by atoms with Crippen molar-refractivity contribution in [2.45, 2.75) is 6.42 Å². The summed E-state index contributed by atoms with van der Waals surface area (Å²) in [6, 6.07) is 4.54. The summed E-state index contributed by atoms with van der Waals surface area (Å²) < 4.78 is 18.4. The number of aromatic nitrogens is 1. The third-order valence-electron chi connectivity index (χ3n) is 2.37. The Bertz CT molecular complexity index is 513. The molecule has 0 aliphatic carbocycles. The van der Waals surface area contributed by atoms with Crippen LogP contribution in [0.5, 0.6) is 5.75 Å². The Hall–Kier alpha value is -1.62. The third kappa shape index (κ3) is 2.74. The van der Waals surface area contributed by atoms with Crippen molar-refractivity contribution in [3.05, 3.63) is 40.7 Å². The first-order valence-corrected chi connectivity index (χ1v) is 5.99. The zero-order valence-corrected chi connectivity index (χ0v) is 10.5. The first kappa shape index (κ1) is 11.9. The normalized spacial score (nSPS) is 10.3. The van der Waals surface area contributed by atoms with Crippen LogP contribution in [0.3, 0.4) is 0 Å². The number of nitrogens with one attached hydrogen (secondary N) is 1. The van der Waals surface area contributed by atoms with Crippen LogP contribution in [0, 0.1) is 5.82 Å². The highest BCUT2D eigenvalue weighted by atomic mass is 32.1. The number of halogens is 1. The predicted molar refractivity (Wildman–Crippen MR) is 67.4 cm³/mol. The van der Waals surface area contributed by atoms with Crippen LogP contribution in [0.15, 0.2) is 24.4 Å². The molecule has 17 heavy (non-hydrogen) atoms. The van der Waals surface area contributed by atoms with Gasteiger partial charge in [0, 0.05) is 30.1 Å². The van der Waals surface area contributed by atoms with Gasteiger partial charge in [0.05, 0.1) is 7.11 Å². The van der Waals surface area contributed by atoms with Gasteiger partial charge >= 0.3 is 0 Å². The number of methoxy groups -OCH3 is 1. The van der Waals surface area contributed by atoms with Crippen molar-refractivity contribution in [3.63, 3.8) is 0 Å². The van der Waals surface area contributed by atoms with Crippen molar-refractivity contribution in [2.75, 3.05) is 19.5 Å². The molecule has 0 aliphatic heterocycles. The van der Waals surface area contributed by atoms with Crippen LogP contribution in [0.4, 0.5) is 9.52 Å². The lowest BCUT2D eigenvalue weighted by molar-refractivity contribution is 0.409. The molecular formula is C12H13FN2OS. The van der Waals surface area contributed by atoms with E-state index in [1.165, 1.54) is 12.1 Å². The van der Waals surface area contributed by atoms with E-state index in [1.54, 1.807) is 30.7 Å². The quantitative estimate of drug-likeness (QED) is 0.908. The van der Waals surface area contributed by atoms with Gasteiger partial charge in [-0.25, -0.2) is 9.37 Å². The molecule has 0 saturated heterocycles. The van der Waals surface area contributed by atoms with Gasteiger partial charge in [-0.15, -0.1) is 11.3 Å². The summed E-state index contributed by atoms with van der Waals surface area (Å²) in [6.45, 7) is 0. The molecular weight excluding hydrogens is 239 g/mol. The molecule has 1 aromatic carbocycles. The summed E-state index contributed by atoms with van der Waals surface area (Å²) in [5.74, 6) is 0.449. The molecule has 90 valence electrons. The minimum atomic E-state index is -0.251. The zero-order chi connectivity index (χ0) is 12.3. The summed E-state index contributed by atoms with van der Waals surface area (Å²) in [5, 5.41) is 3.83. The van der Waals surface area contributed by atoms with Crippen LogP contribution < -0.4 is 10.1 Å². The van der Waals surface area contributed by atoms with Crippen LogP contribution in [0.25, 0.3) is 0 Å². The van der Waals surface area contributed by atoms with E-state index in [-0.39, 0.29) is 5.82 Å². The molecule has 1 aromatic heterocycles. The molecule has 0 bridgehead atoms. The molecule has 0 unspecified atom stereocenters. The Morgan fingerprint density at radius 1 is 1.47 bits per heavy atom. The van der Waals surface area contributed by atoms with E-state index >= 15 is 0 Å². The Morgan fingerprint density at radius 3 is 2.94 bits per heavy atom. The SMILES string of the molecule is CNc1ncc(Cc2cc(F)ccc2OC)s1. The van der Waals surface area contributed by atoms with E-state index in [0.717, 1.165) is 15.6 Å². The first-order chi connectivity index (χ1) is 8.22. The van der Waals surface area contributed by atoms with E-state index < -0.39 is 0 Å². The van der Waals surface area contributed by atoms with Gasteiger partial charge in [-0.3, -0.25) is 0 Å². The third-order valence-corrected chi connectivity index (χ3v) is 3.39. The summed E-state index contributed by atoms with van der Waals surface area (Å²) in [7, 11) is 3.41. The standard InChI is InChI=1S/C12H13FN2OS/c1-14-12-15-7-10(17-12)6-8-5-9(13)3-4-11(8)16-2/h3-5,7H,6H2,1-2H3,(H,14,15). The van der Waals surface area contributed by atoms with Gasteiger partial charge in [-0.2, -0.15) is 0 Å². The topological polar surface area (TPSA) is 34.2 Å². The first-order valence-electron chi connectivity index (χ1n) is 5.18. The van der Waals surface area contributed by atoms with Gasteiger partial charge in [-0.1, -0.05) is 0 Å². The second kappa shape index (κ2) is 5.14. The van der Waals surface area contributed by atoms with Gasteiger partial charge in [0.1, 0.15) is 11.6 Å². The van der Waals surface area contributed by atoms with Crippen LogP contribution in [0.1, 0.15) is 10.4 Å². The van der Waals surface area contributed by atoms with E-state index in [4.69, 9.17) is 4.74 Å². The molecule has 1 heterocycles. The number of rotatable bonds is 4. The highest BCUT2D eigenvalue weighted by Crippen LogP contribution is 2.26. The van der Waals surface area contributed by atoms with Gasteiger partial charge < -0.3 is 10.1 Å². The van der Waals surface area contributed by atoms with E-state index in [9.17, 15) is 4.39 Å². The van der Waals surface area contributed by atoms with Crippen LogP contribution in [0.2, 0.25) is 0 Å². The fourth-order valence-corrected chi connectivity index (χ4v) is 2.37. The van der Waals surface area contributed by atoms with Gasteiger partial charge in [0.15, 0.2) is 5.13 Å². The maximum Gasteiger partial charge on any atom is 0.182 e. The maximum absolute atomic E-state index is 13.2. The lowest BCUT2D eigenvalue weighted by atomic mass is 10.1. The van der Waals surface area contributed by atoms with Crippen molar-refractivity contribution in [1.82, 2.24) is 4.98 Å². The zero-order valence-electron chi connectivity index (χ0n) is 9.66. The number of nitrogens with zero attached hydrogens (tertiary/aromatic N) is 1. The van der Waals surface area contributed by atoms with E-state index in [1.807, 2.05) is 7.05 Å². The van der Waals surface area contributed by atoms with Gasteiger partial charge in [0.2, 0.25) is 0 Å². The minimum absolute atomic E-state index is 0.251. The molecule has 0 aliphatic rings. The smallest absolute Gasteiger partial charge is 0.182 e. The molecule has 0 radical (unpaired) electrons. The molecule has 3 nitrogen and oxygen atoms in total. The number of hydrogen-bond acceptors (Lipinski definition) is 4. The molecule has 1 N–H and O–H groups in total. The molecule has 0 fully saturated rings. The van der Waals surface area contributed by atoms with Crippen molar-refractivity contribution >= 4 is 16.5 Å².